The molecule has 3 rings (SSSR count). The van der Waals surface area contributed by atoms with Crippen molar-refractivity contribution in [2.75, 3.05) is 0 Å². The molecular weight excluding hydrogens is 341 g/mol. The van der Waals surface area contributed by atoms with E-state index in [1.807, 2.05) is 68.4 Å². The molecule has 0 aliphatic rings. The van der Waals surface area contributed by atoms with Gasteiger partial charge in [0.2, 0.25) is 5.90 Å². The molecule has 0 fully saturated rings. The minimum Gasteiger partial charge on any atom is -0.465 e. The predicted octanol–water partition coefficient (Wildman–Crippen LogP) is 6.23. The molecule has 3 aromatic rings. The number of rotatable bonds is 5. The van der Waals surface area contributed by atoms with Gasteiger partial charge in [0, 0.05) is 5.57 Å². The largest absolute Gasteiger partial charge is 0.465 e. The third-order valence-electron chi connectivity index (χ3n) is 3.75. The molecule has 27 heavy (non-hydrogen) atoms. The second-order valence-electron chi connectivity index (χ2n) is 6.04. The van der Waals surface area contributed by atoms with Gasteiger partial charge in [-0.1, -0.05) is 35.9 Å². The van der Waals surface area contributed by atoms with E-state index in [2.05, 4.69) is 4.99 Å². The Kier molecular flexibility index (Phi) is 6.00. The highest BCUT2D eigenvalue weighted by molar-refractivity contribution is 5.96. The Hall–Kier alpha value is -3.40. The summed E-state index contributed by atoms with van der Waals surface area (Å²) in [6.45, 7) is 3.87. The standard InChI is InChI=1S/C23H20FNO2/c1-17-8-12-21(13-9-17)26-16-18(2)23(25-20-6-4-3-5-7-20)27-22-14-10-19(24)11-15-22/h3-16H,1-2H3. The lowest BCUT2D eigenvalue weighted by molar-refractivity contribution is 0.473. The quantitative estimate of drug-likeness (QED) is 0.306. The van der Waals surface area contributed by atoms with E-state index >= 15 is 0 Å². The first-order chi connectivity index (χ1) is 13.1. The Bertz CT molecular complexity index is 930. The summed E-state index contributed by atoms with van der Waals surface area (Å²) in [5.74, 6) is 1.27. The first kappa shape index (κ1) is 18.4. The highest BCUT2D eigenvalue weighted by atomic mass is 19.1. The van der Waals surface area contributed by atoms with Gasteiger partial charge < -0.3 is 9.47 Å². The number of halogens is 1. The fourth-order valence-electron chi connectivity index (χ4n) is 2.25. The molecule has 4 heteroatoms. The van der Waals surface area contributed by atoms with Crippen molar-refractivity contribution in [2.24, 2.45) is 4.99 Å². The molecule has 0 radical (unpaired) electrons. The summed E-state index contributed by atoms with van der Waals surface area (Å²) in [5.41, 5.74) is 2.61. The molecule has 0 spiro atoms. The number of ether oxygens (including phenoxy) is 2. The smallest absolute Gasteiger partial charge is 0.225 e. The van der Waals surface area contributed by atoms with E-state index in [0.29, 0.717) is 17.2 Å². The van der Waals surface area contributed by atoms with Crippen LogP contribution in [0.5, 0.6) is 11.5 Å². The average Bonchev–Trinajstić information content (AvgIpc) is 2.69. The summed E-state index contributed by atoms with van der Waals surface area (Å²) in [6.07, 6.45) is 1.59. The Morgan fingerprint density at radius 2 is 1.48 bits per heavy atom. The third-order valence-corrected chi connectivity index (χ3v) is 3.75. The van der Waals surface area contributed by atoms with E-state index in [1.54, 1.807) is 18.4 Å². The van der Waals surface area contributed by atoms with Crippen molar-refractivity contribution < 1.29 is 13.9 Å². The fraction of sp³-hybridized carbons (Fsp3) is 0.0870. The lowest BCUT2D eigenvalue weighted by atomic mass is 10.2. The van der Waals surface area contributed by atoms with Crippen molar-refractivity contribution >= 4 is 11.6 Å². The van der Waals surface area contributed by atoms with Crippen LogP contribution in [0.15, 0.2) is 95.7 Å². The lowest BCUT2D eigenvalue weighted by Gasteiger charge is -2.10. The van der Waals surface area contributed by atoms with Gasteiger partial charge in [-0.25, -0.2) is 9.38 Å². The summed E-state index contributed by atoms with van der Waals surface area (Å²) in [4.78, 5) is 4.56. The third kappa shape index (κ3) is 5.54. The number of hydrogen-bond acceptors (Lipinski definition) is 3. The minimum atomic E-state index is -0.320. The lowest BCUT2D eigenvalue weighted by Crippen LogP contribution is -2.11. The van der Waals surface area contributed by atoms with Gasteiger partial charge in [-0.3, -0.25) is 0 Å². The Morgan fingerprint density at radius 3 is 2.15 bits per heavy atom. The van der Waals surface area contributed by atoms with Crippen molar-refractivity contribution in [3.8, 4) is 11.5 Å². The van der Waals surface area contributed by atoms with E-state index in [0.717, 1.165) is 17.0 Å². The van der Waals surface area contributed by atoms with E-state index in [1.165, 1.54) is 12.1 Å². The van der Waals surface area contributed by atoms with Crippen molar-refractivity contribution in [1.82, 2.24) is 0 Å². The molecule has 0 saturated heterocycles. The number of nitrogens with zero attached hydrogens (tertiary/aromatic N) is 1. The fourth-order valence-corrected chi connectivity index (χ4v) is 2.25. The SMILES string of the molecule is CC(=COc1ccc(C)cc1)C(=Nc1ccccc1)Oc1ccc(F)cc1. The topological polar surface area (TPSA) is 30.8 Å². The second kappa shape index (κ2) is 8.81. The highest BCUT2D eigenvalue weighted by Crippen LogP contribution is 2.19. The molecule has 0 amide bonds. The maximum absolute atomic E-state index is 13.1. The molecule has 0 saturated carbocycles. The van der Waals surface area contributed by atoms with Crippen LogP contribution in [0.25, 0.3) is 0 Å². The zero-order valence-corrected chi connectivity index (χ0v) is 15.2. The second-order valence-corrected chi connectivity index (χ2v) is 6.04. The van der Waals surface area contributed by atoms with E-state index in [9.17, 15) is 4.39 Å². The monoisotopic (exact) mass is 361 g/mol. The summed E-state index contributed by atoms with van der Waals surface area (Å²) in [5, 5.41) is 0. The van der Waals surface area contributed by atoms with Gasteiger partial charge >= 0.3 is 0 Å². The number of hydrogen-bond donors (Lipinski definition) is 0. The van der Waals surface area contributed by atoms with Crippen molar-refractivity contribution in [1.29, 1.82) is 0 Å². The van der Waals surface area contributed by atoms with Crippen LogP contribution in [0.1, 0.15) is 12.5 Å². The normalized spacial score (nSPS) is 12.0. The molecule has 0 atom stereocenters. The van der Waals surface area contributed by atoms with Crippen LogP contribution < -0.4 is 9.47 Å². The van der Waals surface area contributed by atoms with Crippen molar-refractivity contribution in [3.05, 3.63) is 102 Å². The number of aryl methyl sites for hydroxylation is 1. The molecule has 3 aromatic carbocycles. The zero-order valence-electron chi connectivity index (χ0n) is 15.2. The molecule has 0 aliphatic heterocycles. The maximum Gasteiger partial charge on any atom is 0.225 e. The number of benzene rings is 3. The molecule has 3 nitrogen and oxygen atoms in total. The first-order valence-electron chi connectivity index (χ1n) is 8.58. The summed E-state index contributed by atoms with van der Waals surface area (Å²) < 4.78 is 24.7. The van der Waals surface area contributed by atoms with Crippen molar-refractivity contribution in [2.45, 2.75) is 13.8 Å². The summed E-state index contributed by atoms with van der Waals surface area (Å²) in [7, 11) is 0. The number of aliphatic imine (C=N–C) groups is 1. The molecule has 0 aromatic heterocycles. The zero-order chi connectivity index (χ0) is 19.1. The molecule has 0 N–H and O–H groups in total. The van der Waals surface area contributed by atoms with E-state index in [4.69, 9.17) is 9.47 Å². The van der Waals surface area contributed by atoms with Gasteiger partial charge in [0.15, 0.2) is 0 Å². The van der Waals surface area contributed by atoms with Crippen LogP contribution in [0, 0.1) is 12.7 Å². The molecule has 136 valence electrons. The maximum atomic E-state index is 13.1. The minimum absolute atomic E-state index is 0.320. The molecular formula is C23H20FNO2. The van der Waals surface area contributed by atoms with Crippen LogP contribution in [0.3, 0.4) is 0 Å². The van der Waals surface area contributed by atoms with Crippen LogP contribution in [-0.2, 0) is 0 Å². The van der Waals surface area contributed by atoms with Gasteiger partial charge in [0.1, 0.15) is 17.3 Å². The van der Waals surface area contributed by atoms with Gasteiger partial charge in [-0.15, -0.1) is 0 Å². The number of para-hydroxylation sites is 1. The van der Waals surface area contributed by atoms with Crippen LogP contribution in [0.4, 0.5) is 10.1 Å². The first-order valence-corrected chi connectivity index (χ1v) is 8.58. The summed E-state index contributed by atoms with van der Waals surface area (Å²) >= 11 is 0. The van der Waals surface area contributed by atoms with Gasteiger partial charge in [0.25, 0.3) is 0 Å². The molecule has 0 heterocycles. The van der Waals surface area contributed by atoms with Crippen LogP contribution >= 0.6 is 0 Å². The van der Waals surface area contributed by atoms with Gasteiger partial charge in [0.05, 0.1) is 11.9 Å². The van der Waals surface area contributed by atoms with Gasteiger partial charge in [-0.2, -0.15) is 0 Å². The highest BCUT2D eigenvalue weighted by Gasteiger charge is 2.08. The van der Waals surface area contributed by atoms with Gasteiger partial charge in [-0.05, 0) is 62.4 Å². The average molecular weight is 361 g/mol. The van der Waals surface area contributed by atoms with E-state index < -0.39 is 0 Å². The molecule has 0 aliphatic carbocycles. The Labute approximate surface area is 158 Å². The van der Waals surface area contributed by atoms with Crippen molar-refractivity contribution in [3.63, 3.8) is 0 Å². The Morgan fingerprint density at radius 1 is 0.852 bits per heavy atom. The summed E-state index contributed by atoms with van der Waals surface area (Å²) in [6, 6.07) is 23.0. The van der Waals surface area contributed by atoms with E-state index in [-0.39, 0.29) is 5.82 Å². The van der Waals surface area contributed by atoms with Crippen LogP contribution in [-0.4, -0.2) is 5.90 Å². The van der Waals surface area contributed by atoms with Crippen LogP contribution in [0.2, 0.25) is 0 Å². The molecule has 0 unspecified atom stereocenters. The molecule has 0 bridgehead atoms. The Balaban J connectivity index is 1.85. The predicted molar refractivity (Wildman–Crippen MR) is 106 cm³/mol.